The van der Waals surface area contributed by atoms with Gasteiger partial charge in [-0.05, 0) is 19.8 Å². The fourth-order valence-electron chi connectivity index (χ4n) is 1.05. The van der Waals surface area contributed by atoms with Gasteiger partial charge in [-0.3, -0.25) is 4.79 Å². The number of hydrogen-bond donors (Lipinski definition) is 0. The van der Waals surface area contributed by atoms with Gasteiger partial charge in [-0.25, -0.2) is 0 Å². The number of rotatable bonds is 6. The lowest BCUT2D eigenvalue weighted by Gasteiger charge is -2.18. The summed E-state index contributed by atoms with van der Waals surface area (Å²) in [6.07, 6.45) is 0. The molecule has 13 heavy (non-hydrogen) atoms. The van der Waals surface area contributed by atoms with Crippen molar-refractivity contribution in [2.75, 3.05) is 26.3 Å². The zero-order chi connectivity index (χ0) is 10.3. The van der Waals surface area contributed by atoms with Crippen molar-refractivity contribution in [2.24, 2.45) is 5.92 Å². The van der Waals surface area contributed by atoms with E-state index in [0.717, 1.165) is 13.1 Å². The SMILES string of the molecule is CCN(CC)C(=O)COCC(C)C. The van der Waals surface area contributed by atoms with Gasteiger partial charge in [-0.1, -0.05) is 13.8 Å². The highest BCUT2D eigenvalue weighted by Crippen LogP contribution is 1.94. The second kappa shape index (κ2) is 6.89. The van der Waals surface area contributed by atoms with E-state index in [2.05, 4.69) is 13.8 Å². The largest absolute Gasteiger partial charge is 0.371 e. The zero-order valence-corrected chi connectivity index (χ0v) is 9.17. The van der Waals surface area contributed by atoms with E-state index in [1.165, 1.54) is 0 Å². The highest BCUT2D eigenvalue weighted by molar-refractivity contribution is 5.77. The van der Waals surface area contributed by atoms with E-state index < -0.39 is 0 Å². The Balaban J connectivity index is 3.60. The van der Waals surface area contributed by atoms with Gasteiger partial charge in [0.05, 0.1) is 0 Å². The van der Waals surface area contributed by atoms with Gasteiger partial charge in [0, 0.05) is 19.7 Å². The van der Waals surface area contributed by atoms with Crippen LogP contribution in [0.5, 0.6) is 0 Å². The summed E-state index contributed by atoms with van der Waals surface area (Å²) >= 11 is 0. The van der Waals surface area contributed by atoms with Crippen molar-refractivity contribution >= 4 is 5.91 Å². The van der Waals surface area contributed by atoms with Crippen molar-refractivity contribution in [1.82, 2.24) is 4.90 Å². The van der Waals surface area contributed by atoms with Crippen LogP contribution in [0.2, 0.25) is 0 Å². The minimum atomic E-state index is 0.0886. The van der Waals surface area contributed by atoms with Crippen LogP contribution in [0.25, 0.3) is 0 Å². The Hall–Kier alpha value is -0.570. The van der Waals surface area contributed by atoms with E-state index in [1.807, 2.05) is 13.8 Å². The maximum Gasteiger partial charge on any atom is 0.248 e. The summed E-state index contributed by atoms with van der Waals surface area (Å²) in [5, 5.41) is 0. The van der Waals surface area contributed by atoms with E-state index in [1.54, 1.807) is 4.90 Å². The molecule has 0 aromatic carbocycles. The molecular formula is C10H21NO2. The van der Waals surface area contributed by atoms with Gasteiger partial charge in [-0.15, -0.1) is 0 Å². The van der Waals surface area contributed by atoms with Crippen molar-refractivity contribution in [3.05, 3.63) is 0 Å². The Bertz CT molecular complexity index is 142. The van der Waals surface area contributed by atoms with Gasteiger partial charge >= 0.3 is 0 Å². The predicted molar refractivity (Wildman–Crippen MR) is 53.6 cm³/mol. The molecule has 0 saturated heterocycles. The van der Waals surface area contributed by atoms with Crippen LogP contribution in [0.4, 0.5) is 0 Å². The van der Waals surface area contributed by atoms with Crippen molar-refractivity contribution in [1.29, 1.82) is 0 Å². The number of hydrogen-bond acceptors (Lipinski definition) is 2. The van der Waals surface area contributed by atoms with Gasteiger partial charge in [0.25, 0.3) is 0 Å². The molecule has 0 aliphatic carbocycles. The zero-order valence-electron chi connectivity index (χ0n) is 9.17. The van der Waals surface area contributed by atoms with Crippen LogP contribution < -0.4 is 0 Å². The van der Waals surface area contributed by atoms with Crippen LogP contribution in [-0.2, 0) is 9.53 Å². The molecule has 0 spiro atoms. The number of carbonyl (C=O) groups is 1. The molecule has 0 atom stereocenters. The second-order valence-corrected chi connectivity index (χ2v) is 3.48. The molecule has 0 rings (SSSR count). The Morgan fingerprint density at radius 2 is 1.85 bits per heavy atom. The molecule has 0 heterocycles. The Morgan fingerprint density at radius 3 is 2.23 bits per heavy atom. The number of ether oxygens (including phenoxy) is 1. The van der Waals surface area contributed by atoms with Gasteiger partial charge in [-0.2, -0.15) is 0 Å². The highest BCUT2D eigenvalue weighted by Gasteiger charge is 2.08. The monoisotopic (exact) mass is 187 g/mol. The second-order valence-electron chi connectivity index (χ2n) is 3.48. The molecule has 0 aliphatic rings. The molecule has 0 saturated carbocycles. The van der Waals surface area contributed by atoms with Crippen molar-refractivity contribution in [2.45, 2.75) is 27.7 Å². The molecule has 3 heteroatoms. The minimum absolute atomic E-state index is 0.0886. The lowest BCUT2D eigenvalue weighted by Crippen LogP contribution is -2.33. The van der Waals surface area contributed by atoms with E-state index in [9.17, 15) is 4.79 Å². The smallest absolute Gasteiger partial charge is 0.248 e. The summed E-state index contributed by atoms with van der Waals surface area (Å²) in [7, 11) is 0. The van der Waals surface area contributed by atoms with Crippen LogP contribution in [0.15, 0.2) is 0 Å². The lowest BCUT2D eigenvalue weighted by molar-refractivity contribution is -0.136. The molecule has 0 aliphatic heterocycles. The summed E-state index contributed by atoms with van der Waals surface area (Å²) < 4.78 is 5.25. The van der Waals surface area contributed by atoms with E-state index in [-0.39, 0.29) is 12.5 Å². The fraction of sp³-hybridized carbons (Fsp3) is 0.900. The summed E-state index contributed by atoms with van der Waals surface area (Å²) in [6, 6.07) is 0. The van der Waals surface area contributed by atoms with Crippen LogP contribution >= 0.6 is 0 Å². The summed E-state index contributed by atoms with van der Waals surface area (Å²) in [6.45, 7) is 10.5. The molecule has 0 aromatic heterocycles. The van der Waals surface area contributed by atoms with Crippen LogP contribution in [0.1, 0.15) is 27.7 Å². The third kappa shape index (κ3) is 5.64. The topological polar surface area (TPSA) is 29.5 Å². The third-order valence-electron chi connectivity index (χ3n) is 1.79. The van der Waals surface area contributed by atoms with Crippen LogP contribution in [0, 0.1) is 5.92 Å². The number of nitrogens with zero attached hydrogens (tertiary/aromatic N) is 1. The molecule has 0 radical (unpaired) electrons. The van der Waals surface area contributed by atoms with Crippen LogP contribution in [0.3, 0.4) is 0 Å². The van der Waals surface area contributed by atoms with E-state index in [4.69, 9.17) is 4.74 Å². The Labute approximate surface area is 81.1 Å². The number of amides is 1. The summed E-state index contributed by atoms with van der Waals surface area (Å²) in [5.74, 6) is 0.579. The first-order chi connectivity index (χ1) is 6.11. The maximum atomic E-state index is 11.4. The maximum absolute atomic E-state index is 11.4. The number of likely N-dealkylation sites (N-methyl/N-ethyl adjacent to an activating group) is 1. The quantitative estimate of drug-likeness (QED) is 0.631. The predicted octanol–water partition coefficient (Wildman–Crippen LogP) is 1.53. The van der Waals surface area contributed by atoms with Crippen LogP contribution in [-0.4, -0.2) is 37.1 Å². The first-order valence-corrected chi connectivity index (χ1v) is 4.97. The molecule has 0 unspecified atom stereocenters. The molecular weight excluding hydrogens is 166 g/mol. The molecule has 0 N–H and O–H groups in total. The summed E-state index contributed by atoms with van der Waals surface area (Å²) in [5.41, 5.74) is 0. The summed E-state index contributed by atoms with van der Waals surface area (Å²) in [4.78, 5) is 13.2. The fourth-order valence-corrected chi connectivity index (χ4v) is 1.05. The Morgan fingerprint density at radius 1 is 1.31 bits per heavy atom. The standard InChI is InChI=1S/C10H21NO2/c1-5-11(6-2)10(12)8-13-7-9(3)4/h9H,5-8H2,1-4H3. The molecule has 0 aromatic rings. The van der Waals surface area contributed by atoms with Gasteiger partial charge in [0.15, 0.2) is 0 Å². The van der Waals surface area contributed by atoms with Gasteiger partial charge in [0.2, 0.25) is 5.91 Å². The van der Waals surface area contributed by atoms with E-state index in [0.29, 0.717) is 12.5 Å². The Kier molecular flexibility index (Phi) is 6.59. The lowest BCUT2D eigenvalue weighted by atomic mass is 10.2. The first kappa shape index (κ1) is 12.4. The van der Waals surface area contributed by atoms with Gasteiger partial charge < -0.3 is 9.64 Å². The normalized spacial score (nSPS) is 10.5. The molecule has 0 bridgehead atoms. The van der Waals surface area contributed by atoms with Crippen molar-refractivity contribution < 1.29 is 9.53 Å². The first-order valence-electron chi connectivity index (χ1n) is 4.97. The highest BCUT2D eigenvalue weighted by atomic mass is 16.5. The number of carbonyl (C=O) groups excluding carboxylic acids is 1. The molecule has 3 nitrogen and oxygen atoms in total. The minimum Gasteiger partial charge on any atom is -0.371 e. The van der Waals surface area contributed by atoms with E-state index >= 15 is 0 Å². The molecule has 1 amide bonds. The average Bonchev–Trinajstić information content (AvgIpc) is 2.05. The third-order valence-corrected chi connectivity index (χ3v) is 1.79. The average molecular weight is 187 g/mol. The molecule has 0 fully saturated rings. The van der Waals surface area contributed by atoms with Crippen molar-refractivity contribution in [3.63, 3.8) is 0 Å². The molecule has 78 valence electrons. The van der Waals surface area contributed by atoms with Gasteiger partial charge in [0.1, 0.15) is 6.61 Å². The van der Waals surface area contributed by atoms with Crippen molar-refractivity contribution in [3.8, 4) is 0 Å².